The van der Waals surface area contributed by atoms with E-state index < -0.39 is 17.7 Å². The van der Waals surface area contributed by atoms with E-state index in [2.05, 4.69) is 15.2 Å². The Balaban J connectivity index is 1.83. The van der Waals surface area contributed by atoms with Crippen LogP contribution >= 0.6 is 11.6 Å². The number of aromatic nitrogens is 3. The summed E-state index contributed by atoms with van der Waals surface area (Å²) in [4.78, 5) is 15.3. The summed E-state index contributed by atoms with van der Waals surface area (Å²) >= 11 is 6.01. The van der Waals surface area contributed by atoms with Crippen molar-refractivity contribution in [3.8, 4) is 6.07 Å². The summed E-state index contributed by atoms with van der Waals surface area (Å²) in [5, 5.41) is 25.8. The zero-order chi connectivity index (χ0) is 27.7. The van der Waals surface area contributed by atoms with Gasteiger partial charge in [-0.3, -0.25) is 10.1 Å². The number of hydrogen-bond donors (Lipinski definition) is 2. The van der Waals surface area contributed by atoms with E-state index in [9.17, 15) is 23.2 Å². The minimum absolute atomic E-state index is 0.0182. The SMILES string of the molecule is N#Cc1n[nH]c2ccc(C(=C(c3ccc(Cl)cc3C(F)(F)F)C3CCC3)c3ccc(C=CC(=O)O)nc3)cc12. The number of halogens is 4. The number of pyridine rings is 1. The van der Waals surface area contributed by atoms with Gasteiger partial charge in [-0.1, -0.05) is 36.2 Å². The van der Waals surface area contributed by atoms with Crippen molar-refractivity contribution in [2.45, 2.75) is 25.4 Å². The highest BCUT2D eigenvalue weighted by atomic mass is 35.5. The maximum atomic E-state index is 14.3. The van der Waals surface area contributed by atoms with Gasteiger partial charge in [-0.15, -0.1) is 0 Å². The van der Waals surface area contributed by atoms with Crippen molar-refractivity contribution in [3.05, 3.63) is 99.5 Å². The maximum absolute atomic E-state index is 14.3. The van der Waals surface area contributed by atoms with E-state index in [1.165, 1.54) is 24.4 Å². The summed E-state index contributed by atoms with van der Waals surface area (Å²) in [5.41, 5.74) is 2.59. The van der Waals surface area contributed by atoms with Gasteiger partial charge in [-0.2, -0.15) is 23.5 Å². The first kappa shape index (κ1) is 26.2. The molecule has 0 spiro atoms. The predicted octanol–water partition coefficient (Wildman–Crippen LogP) is 7.36. The maximum Gasteiger partial charge on any atom is 0.417 e. The Bertz CT molecular complexity index is 1680. The third-order valence-corrected chi connectivity index (χ3v) is 7.02. The molecule has 0 atom stereocenters. The lowest BCUT2D eigenvalue weighted by Gasteiger charge is -2.33. The lowest BCUT2D eigenvalue weighted by molar-refractivity contribution is -0.137. The quantitative estimate of drug-likeness (QED) is 0.193. The summed E-state index contributed by atoms with van der Waals surface area (Å²) in [6.07, 6.45) is 1.47. The van der Waals surface area contributed by atoms with E-state index in [4.69, 9.17) is 16.7 Å². The van der Waals surface area contributed by atoms with Crippen LogP contribution in [-0.2, 0) is 11.0 Å². The molecule has 2 heterocycles. The van der Waals surface area contributed by atoms with Gasteiger partial charge >= 0.3 is 12.1 Å². The molecule has 0 amide bonds. The fourth-order valence-electron chi connectivity index (χ4n) is 4.78. The summed E-state index contributed by atoms with van der Waals surface area (Å²) in [7, 11) is 0. The van der Waals surface area contributed by atoms with Gasteiger partial charge in [0.05, 0.1) is 16.8 Å². The molecule has 5 rings (SSSR count). The van der Waals surface area contributed by atoms with Crippen LogP contribution in [0.4, 0.5) is 13.2 Å². The smallest absolute Gasteiger partial charge is 0.417 e. The molecular formula is C29H20ClF3N4O2. The lowest BCUT2D eigenvalue weighted by atomic mass is 9.72. The molecule has 1 saturated carbocycles. The van der Waals surface area contributed by atoms with E-state index in [0.717, 1.165) is 18.6 Å². The number of benzene rings is 2. The number of nitrogens with one attached hydrogen (secondary N) is 1. The molecule has 39 heavy (non-hydrogen) atoms. The third-order valence-electron chi connectivity index (χ3n) is 6.79. The molecule has 4 aromatic rings. The van der Waals surface area contributed by atoms with Gasteiger partial charge in [0.25, 0.3) is 0 Å². The Hall–Kier alpha value is -4.42. The fraction of sp³-hybridized carbons (Fsp3) is 0.172. The molecule has 6 nitrogen and oxygen atoms in total. The summed E-state index contributed by atoms with van der Waals surface area (Å²) in [5.74, 6) is -1.28. The molecular weight excluding hydrogens is 529 g/mol. The highest BCUT2D eigenvalue weighted by Gasteiger charge is 2.37. The minimum Gasteiger partial charge on any atom is -0.478 e. The predicted molar refractivity (Wildman–Crippen MR) is 141 cm³/mol. The van der Waals surface area contributed by atoms with Crippen LogP contribution in [0.5, 0.6) is 0 Å². The number of nitriles is 1. The normalized spacial score (nSPS) is 14.7. The van der Waals surface area contributed by atoms with Crippen LogP contribution in [0.15, 0.2) is 60.8 Å². The third kappa shape index (κ3) is 5.29. The van der Waals surface area contributed by atoms with Crippen molar-refractivity contribution in [3.63, 3.8) is 0 Å². The van der Waals surface area contributed by atoms with Gasteiger partial charge in [0.15, 0.2) is 5.69 Å². The van der Waals surface area contributed by atoms with E-state index in [-0.39, 0.29) is 22.2 Å². The zero-order valence-corrected chi connectivity index (χ0v) is 21.0. The average Bonchev–Trinajstić information content (AvgIpc) is 3.29. The minimum atomic E-state index is -4.65. The highest BCUT2D eigenvalue weighted by molar-refractivity contribution is 6.30. The van der Waals surface area contributed by atoms with Crippen molar-refractivity contribution in [1.29, 1.82) is 5.26 Å². The number of allylic oxidation sites excluding steroid dienone is 1. The Morgan fingerprint density at radius 3 is 2.51 bits per heavy atom. The molecule has 0 saturated heterocycles. The van der Waals surface area contributed by atoms with Crippen molar-refractivity contribution in [2.24, 2.45) is 5.92 Å². The molecule has 2 aromatic heterocycles. The first-order chi connectivity index (χ1) is 18.7. The van der Waals surface area contributed by atoms with E-state index >= 15 is 0 Å². The molecule has 0 bridgehead atoms. The number of aliphatic carboxylic acids is 1. The van der Waals surface area contributed by atoms with E-state index in [1.54, 1.807) is 30.3 Å². The number of carboxylic acid groups (broad SMARTS) is 1. The molecule has 196 valence electrons. The summed E-state index contributed by atoms with van der Waals surface area (Å²) in [6, 6.07) is 14.4. The van der Waals surface area contributed by atoms with E-state index in [1.807, 2.05) is 6.07 Å². The van der Waals surface area contributed by atoms with Gasteiger partial charge in [0, 0.05) is 28.2 Å². The van der Waals surface area contributed by atoms with E-state index in [0.29, 0.717) is 51.7 Å². The number of aromatic amines is 1. The molecule has 0 unspecified atom stereocenters. The Morgan fingerprint density at radius 2 is 1.90 bits per heavy atom. The van der Waals surface area contributed by atoms with Gasteiger partial charge in [0.1, 0.15) is 6.07 Å². The molecule has 0 radical (unpaired) electrons. The standard InChI is InChI=1S/C29H20ClF3N4O2/c30-19-6-9-21(23(13-19)29(31,32)33)28(16-2-1-3-16)27(18-4-7-20(35-15-18)8-11-26(38)39)17-5-10-24-22(12-17)25(14-34)37-36-24/h4-13,15-16H,1-3H2,(H,36,37)(H,38,39). The summed E-state index contributed by atoms with van der Waals surface area (Å²) in [6.45, 7) is 0. The topological polar surface area (TPSA) is 103 Å². The number of alkyl halides is 3. The van der Waals surface area contributed by atoms with Gasteiger partial charge in [-0.05, 0) is 77.4 Å². The van der Waals surface area contributed by atoms with Gasteiger partial charge in [-0.25, -0.2) is 4.79 Å². The molecule has 2 aromatic carbocycles. The van der Waals surface area contributed by atoms with Crippen LogP contribution in [0.25, 0.3) is 28.1 Å². The zero-order valence-electron chi connectivity index (χ0n) is 20.3. The number of nitrogens with zero attached hydrogens (tertiary/aromatic N) is 3. The molecule has 10 heteroatoms. The summed E-state index contributed by atoms with van der Waals surface area (Å²) < 4.78 is 42.9. The largest absolute Gasteiger partial charge is 0.478 e. The number of carboxylic acids is 1. The Labute approximate surface area is 226 Å². The number of fused-ring (bicyclic) bond motifs is 1. The van der Waals surface area contributed by atoms with Crippen LogP contribution < -0.4 is 0 Å². The monoisotopic (exact) mass is 548 g/mol. The molecule has 1 aliphatic rings. The van der Waals surface area contributed by atoms with Crippen LogP contribution in [0.1, 0.15) is 52.9 Å². The van der Waals surface area contributed by atoms with Crippen LogP contribution in [0.3, 0.4) is 0 Å². The molecule has 0 aliphatic heterocycles. The van der Waals surface area contributed by atoms with Crippen LogP contribution in [-0.4, -0.2) is 26.3 Å². The number of rotatable bonds is 6. The lowest BCUT2D eigenvalue weighted by Crippen LogP contribution is -2.18. The van der Waals surface area contributed by atoms with Crippen molar-refractivity contribution >= 4 is 45.7 Å². The van der Waals surface area contributed by atoms with Crippen molar-refractivity contribution in [1.82, 2.24) is 15.2 Å². The second-order valence-electron chi connectivity index (χ2n) is 9.19. The fourth-order valence-corrected chi connectivity index (χ4v) is 4.95. The van der Waals surface area contributed by atoms with Gasteiger partial charge < -0.3 is 5.11 Å². The molecule has 1 fully saturated rings. The molecule has 1 aliphatic carbocycles. The van der Waals surface area contributed by atoms with Crippen LogP contribution in [0, 0.1) is 17.2 Å². The van der Waals surface area contributed by atoms with Crippen molar-refractivity contribution in [2.75, 3.05) is 0 Å². The number of carbonyl (C=O) groups is 1. The Morgan fingerprint density at radius 1 is 1.13 bits per heavy atom. The average molecular weight is 549 g/mol. The second kappa shape index (κ2) is 10.4. The Kier molecular flexibility index (Phi) is 6.98. The number of H-pyrrole nitrogens is 1. The van der Waals surface area contributed by atoms with Crippen LogP contribution in [0.2, 0.25) is 5.02 Å². The first-order valence-corrected chi connectivity index (χ1v) is 12.4. The van der Waals surface area contributed by atoms with Gasteiger partial charge in [0.2, 0.25) is 0 Å². The second-order valence-corrected chi connectivity index (χ2v) is 9.63. The highest BCUT2D eigenvalue weighted by Crippen LogP contribution is 2.48. The number of hydrogen-bond acceptors (Lipinski definition) is 4. The first-order valence-electron chi connectivity index (χ1n) is 12.0. The molecule has 2 N–H and O–H groups in total. The van der Waals surface area contributed by atoms with Crippen molar-refractivity contribution < 1.29 is 23.1 Å².